The number of fused-ring (bicyclic) bond motifs is 1. The van der Waals surface area contributed by atoms with E-state index in [1.807, 2.05) is 0 Å². The van der Waals surface area contributed by atoms with Gasteiger partial charge in [0.2, 0.25) is 11.3 Å². The maximum Gasteiger partial charge on any atom is 0.257 e. The van der Waals surface area contributed by atoms with Crippen molar-refractivity contribution in [3.8, 4) is 22.6 Å². The minimum atomic E-state index is -0.433. The van der Waals surface area contributed by atoms with Gasteiger partial charge in [-0.3, -0.25) is 14.9 Å². The monoisotopic (exact) mass is 435 g/mol. The van der Waals surface area contributed by atoms with E-state index in [4.69, 9.17) is 25.5 Å². The van der Waals surface area contributed by atoms with E-state index in [-0.39, 0.29) is 16.9 Å². The molecule has 0 aliphatic carbocycles. The summed E-state index contributed by atoms with van der Waals surface area (Å²) in [6.45, 7) is 0. The Balaban J connectivity index is 1.89. The normalized spacial score (nSPS) is 10.7. The van der Waals surface area contributed by atoms with E-state index in [2.05, 4.69) is 5.32 Å². The number of carbonyl (C=O) groups is 1. The Bertz CT molecular complexity index is 1330. The Morgan fingerprint density at radius 2 is 1.65 bits per heavy atom. The number of rotatable bonds is 5. The van der Waals surface area contributed by atoms with Gasteiger partial charge in [-0.25, -0.2) is 0 Å². The lowest BCUT2D eigenvalue weighted by Crippen LogP contribution is -2.16. The van der Waals surface area contributed by atoms with E-state index < -0.39 is 5.91 Å². The van der Waals surface area contributed by atoms with Gasteiger partial charge in [0.15, 0.2) is 11.5 Å². The molecular weight excluding hydrogens is 418 g/mol. The Kier molecular flexibility index (Phi) is 5.64. The molecule has 0 atom stereocenters. The first-order valence-corrected chi connectivity index (χ1v) is 9.74. The predicted octanol–water partition coefficient (Wildman–Crippen LogP) is 5.38. The molecule has 0 unspecified atom stereocenters. The summed E-state index contributed by atoms with van der Waals surface area (Å²) in [7, 11) is 3.04. The van der Waals surface area contributed by atoms with Crippen molar-refractivity contribution in [2.75, 3.05) is 19.5 Å². The van der Waals surface area contributed by atoms with Crippen LogP contribution in [0.4, 0.5) is 5.88 Å². The fourth-order valence-corrected chi connectivity index (χ4v) is 3.39. The summed E-state index contributed by atoms with van der Waals surface area (Å²) in [5, 5.41) is 3.64. The zero-order valence-electron chi connectivity index (χ0n) is 16.8. The number of hydrogen-bond donors (Lipinski definition) is 1. The highest BCUT2D eigenvalue weighted by atomic mass is 35.5. The third kappa shape index (κ3) is 3.98. The van der Waals surface area contributed by atoms with E-state index in [0.29, 0.717) is 38.6 Å². The van der Waals surface area contributed by atoms with Crippen molar-refractivity contribution in [3.63, 3.8) is 0 Å². The van der Waals surface area contributed by atoms with Crippen LogP contribution in [-0.4, -0.2) is 20.1 Å². The summed E-state index contributed by atoms with van der Waals surface area (Å²) in [6, 6.07) is 18.3. The van der Waals surface area contributed by atoms with Crippen molar-refractivity contribution in [3.05, 3.63) is 87.5 Å². The smallest absolute Gasteiger partial charge is 0.257 e. The summed E-state index contributed by atoms with van der Waals surface area (Å²) < 4.78 is 16.6. The molecule has 1 amide bonds. The number of nitrogens with one attached hydrogen (secondary N) is 1. The summed E-state index contributed by atoms with van der Waals surface area (Å²) >= 11 is 5.91. The minimum absolute atomic E-state index is 0.0378. The topological polar surface area (TPSA) is 77.8 Å². The molecule has 0 aliphatic rings. The molecule has 7 heteroatoms. The van der Waals surface area contributed by atoms with Gasteiger partial charge in [0.1, 0.15) is 5.58 Å². The quantitative estimate of drug-likeness (QED) is 0.455. The lowest BCUT2D eigenvalue weighted by Gasteiger charge is -2.13. The molecule has 0 saturated heterocycles. The van der Waals surface area contributed by atoms with Crippen LogP contribution in [0.1, 0.15) is 10.4 Å². The van der Waals surface area contributed by atoms with Crippen molar-refractivity contribution >= 4 is 34.4 Å². The average molecular weight is 436 g/mol. The molecule has 31 heavy (non-hydrogen) atoms. The Labute approximate surface area is 183 Å². The lowest BCUT2D eigenvalue weighted by atomic mass is 10.0. The van der Waals surface area contributed by atoms with Crippen LogP contribution in [0.3, 0.4) is 0 Å². The van der Waals surface area contributed by atoms with Gasteiger partial charge < -0.3 is 13.9 Å². The highest BCUT2D eigenvalue weighted by molar-refractivity contribution is 6.30. The highest BCUT2D eigenvalue weighted by Crippen LogP contribution is 2.35. The molecular formula is C24H18ClNO5. The fraction of sp³-hybridized carbons (Fsp3) is 0.0833. The van der Waals surface area contributed by atoms with E-state index in [9.17, 15) is 9.59 Å². The molecule has 4 rings (SSSR count). The van der Waals surface area contributed by atoms with E-state index in [1.54, 1.807) is 66.7 Å². The van der Waals surface area contributed by atoms with Gasteiger partial charge in [0, 0.05) is 10.6 Å². The van der Waals surface area contributed by atoms with Gasteiger partial charge in [-0.2, -0.15) is 0 Å². The van der Waals surface area contributed by atoms with Gasteiger partial charge in [0.25, 0.3) is 5.91 Å². The molecule has 0 fully saturated rings. The zero-order chi connectivity index (χ0) is 22.0. The molecule has 4 aromatic rings. The van der Waals surface area contributed by atoms with Gasteiger partial charge in [-0.1, -0.05) is 29.8 Å². The number of ether oxygens (including phenoxy) is 2. The first-order chi connectivity index (χ1) is 15.0. The largest absolute Gasteiger partial charge is 0.493 e. The Hall–Kier alpha value is -3.77. The number of methoxy groups -OCH3 is 2. The second-order valence-electron chi connectivity index (χ2n) is 6.66. The zero-order valence-corrected chi connectivity index (χ0v) is 17.5. The van der Waals surface area contributed by atoms with Crippen LogP contribution < -0.4 is 20.2 Å². The van der Waals surface area contributed by atoms with Gasteiger partial charge >= 0.3 is 0 Å². The number of amides is 1. The third-order valence-corrected chi connectivity index (χ3v) is 5.06. The molecule has 0 saturated carbocycles. The molecule has 6 nitrogen and oxygen atoms in total. The Morgan fingerprint density at radius 3 is 2.35 bits per heavy atom. The molecule has 156 valence electrons. The van der Waals surface area contributed by atoms with Crippen LogP contribution >= 0.6 is 11.6 Å². The van der Waals surface area contributed by atoms with E-state index in [0.717, 1.165) is 0 Å². The van der Waals surface area contributed by atoms with Gasteiger partial charge in [-0.15, -0.1) is 0 Å². The average Bonchev–Trinajstić information content (AvgIpc) is 2.79. The first-order valence-electron chi connectivity index (χ1n) is 9.37. The fourth-order valence-electron chi connectivity index (χ4n) is 3.26. The molecule has 0 bridgehead atoms. The number of benzene rings is 3. The molecule has 1 N–H and O–H groups in total. The maximum atomic E-state index is 13.4. The highest BCUT2D eigenvalue weighted by Gasteiger charge is 2.20. The molecule has 0 spiro atoms. The van der Waals surface area contributed by atoms with Crippen LogP contribution in [-0.2, 0) is 0 Å². The van der Waals surface area contributed by atoms with Gasteiger partial charge in [-0.05, 0) is 54.1 Å². The van der Waals surface area contributed by atoms with Crippen molar-refractivity contribution in [2.45, 2.75) is 0 Å². The molecule has 0 radical (unpaired) electrons. The second-order valence-corrected chi connectivity index (χ2v) is 7.10. The van der Waals surface area contributed by atoms with Crippen LogP contribution in [0.5, 0.6) is 11.5 Å². The van der Waals surface area contributed by atoms with E-state index in [1.165, 1.54) is 14.2 Å². The summed E-state index contributed by atoms with van der Waals surface area (Å²) in [5.74, 6) is 0.568. The predicted molar refractivity (Wildman–Crippen MR) is 120 cm³/mol. The molecule has 1 aromatic heterocycles. The van der Waals surface area contributed by atoms with Crippen molar-refractivity contribution in [1.82, 2.24) is 0 Å². The number of halogens is 1. The SMILES string of the molecule is COc1ccc(-c2c(NC(=O)c3ccc(Cl)cc3)oc3ccccc3c2=O)cc1OC. The summed E-state index contributed by atoms with van der Waals surface area (Å²) in [6.07, 6.45) is 0. The van der Waals surface area contributed by atoms with Crippen LogP contribution in [0.15, 0.2) is 75.9 Å². The van der Waals surface area contributed by atoms with Crippen LogP contribution in [0.25, 0.3) is 22.1 Å². The van der Waals surface area contributed by atoms with E-state index >= 15 is 0 Å². The minimum Gasteiger partial charge on any atom is -0.493 e. The summed E-state index contributed by atoms with van der Waals surface area (Å²) in [4.78, 5) is 26.2. The lowest BCUT2D eigenvalue weighted by molar-refractivity contribution is 0.102. The summed E-state index contributed by atoms with van der Waals surface area (Å²) in [5.41, 5.74) is 1.19. The first kappa shape index (κ1) is 20.5. The van der Waals surface area contributed by atoms with Crippen LogP contribution in [0, 0.1) is 0 Å². The Morgan fingerprint density at radius 1 is 0.935 bits per heavy atom. The van der Waals surface area contributed by atoms with Crippen molar-refractivity contribution in [1.29, 1.82) is 0 Å². The van der Waals surface area contributed by atoms with Crippen molar-refractivity contribution in [2.24, 2.45) is 0 Å². The molecule has 0 aliphatic heterocycles. The molecule has 1 heterocycles. The number of carbonyl (C=O) groups excluding carboxylic acids is 1. The maximum absolute atomic E-state index is 13.4. The number of para-hydroxylation sites is 1. The number of anilines is 1. The molecule has 3 aromatic carbocycles. The second kappa shape index (κ2) is 8.53. The number of hydrogen-bond acceptors (Lipinski definition) is 5. The standard InChI is InChI=1S/C24H18ClNO5/c1-29-19-12-9-15(13-20(19)30-2)21-22(27)17-5-3-4-6-18(17)31-24(21)26-23(28)14-7-10-16(25)11-8-14/h3-13H,1-2H3,(H,26,28). The van der Waals surface area contributed by atoms with Crippen molar-refractivity contribution < 1.29 is 18.7 Å². The van der Waals surface area contributed by atoms with Gasteiger partial charge in [0.05, 0.1) is 25.2 Å². The third-order valence-electron chi connectivity index (χ3n) is 4.80. The van der Waals surface area contributed by atoms with Crippen LogP contribution in [0.2, 0.25) is 5.02 Å².